The van der Waals surface area contributed by atoms with E-state index in [1.807, 2.05) is 37.3 Å². The molecule has 1 N–H and O–H groups in total. The summed E-state index contributed by atoms with van der Waals surface area (Å²) >= 11 is 9.59. The monoisotopic (exact) mass is 392 g/mol. The summed E-state index contributed by atoms with van der Waals surface area (Å²) < 4.78 is 7.95. The van der Waals surface area contributed by atoms with Crippen LogP contribution in [0.4, 0.5) is 0 Å². The van der Waals surface area contributed by atoms with Crippen LogP contribution in [0.5, 0.6) is 5.75 Å². The predicted molar refractivity (Wildman–Crippen MR) is 95.7 cm³/mol. The number of ether oxygens (including phenoxy) is 1. The molecule has 0 fully saturated rings. The molecular formula is C17H14BrClN2O2. The molecule has 3 aromatic rings. The second-order valence-electron chi connectivity index (χ2n) is 4.90. The van der Waals surface area contributed by atoms with E-state index < -0.39 is 0 Å². The molecule has 4 nitrogen and oxygen atoms in total. The first-order chi connectivity index (χ1) is 11.1. The molecule has 0 amide bonds. The zero-order valence-electron chi connectivity index (χ0n) is 12.3. The van der Waals surface area contributed by atoms with Gasteiger partial charge in [-0.3, -0.25) is 4.57 Å². The molecule has 0 atom stereocenters. The Hall–Kier alpha value is -1.98. The Balaban J connectivity index is 1.99. The van der Waals surface area contributed by atoms with Crippen molar-refractivity contribution in [1.82, 2.24) is 9.55 Å². The van der Waals surface area contributed by atoms with Crippen LogP contribution in [0.2, 0.25) is 5.02 Å². The van der Waals surface area contributed by atoms with Crippen molar-refractivity contribution in [3.63, 3.8) is 0 Å². The molecule has 0 radical (unpaired) electrons. The van der Waals surface area contributed by atoms with Crippen LogP contribution < -0.4 is 10.4 Å². The van der Waals surface area contributed by atoms with Gasteiger partial charge in [0.25, 0.3) is 0 Å². The highest BCUT2D eigenvalue weighted by atomic mass is 79.9. The smallest absolute Gasteiger partial charge is 0.330 e. The molecule has 0 saturated heterocycles. The lowest BCUT2D eigenvalue weighted by Crippen LogP contribution is -2.13. The quantitative estimate of drug-likeness (QED) is 0.701. The molecule has 0 unspecified atom stereocenters. The van der Waals surface area contributed by atoms with Gasteiger partial charge in [0.2, 0.25) is 0 Å². The average molecular weight is 394 g/mol. The highest BCUT2D eigenvalue weighted by Gasteiger charge is 2.09. The molecule has 6 heteroatoms. The maximum atomic E-state index is 12.2. The second kappa shape index (κ2) is 6.64. The summed E-state index contributed by atoms with van der Waals surface area (Å²) in [5.41, 5.74) is 2.11. The first-order valence-electron chi connectivity index (χ1n) is 7.09. The van der Waals surface area contributed by atoms with Gasteiger partial charge in [-0.05, 0) is 49.4 Å². The number of hydrogen-bond donors (Lipinski definition) is 1. The highest BCUT2D eigenvalue weighted by Crippen LogP contribution is 2.29. The van der Waals surface area contributed by atoms with Gasteiger partial charge in [0.05, 0.1) is 23.0 Å². The van der Waals surface area contributed by atoms with Crippen molar-refractivity contribution in [2.75, 3.05) is 6.61 Å². The number of nitrogens with one attached hydrogen (secondary N) is 1. The van der Waals surface area contributed by atoms with Crippen molar-refractivity contribution in [2.45, 2.75) is 6.92 Å². The van der Waals surface area contributed by atoms with Gasteiger partial charge in [-0.1, -0.05) is 27.5 Å². The molecule has 0 aliphatic heterocycles. The zero-order valence-corrected chi connectivity index (χ0v) is 14.7. The number of imidazole rings is 1. The van der Waals surface area contributed by atoms with Gasteiger partial charge in [-0.15, -0.1) is 0 Å². The topological polar surface area (TPSA) is 47.0 Å². The normalized spacial score (nSPS) is 10.7. The van der Waals surface area contributed by atoms with Crippen molar-refractivity contribution < 1.29 is 4.74 Å². The van der Waals surface area contributed by atoms with Crippen molar-refractivity contribution >= 4 is 27.5 Å². The predicted octanol–water partition coefficient (Wildman–Crippen LogP) is 4.65. The minimum Gasteiger partial charge on any atom is -0.492 e. The lowest BCUT2D eigenvalue weighted by atomic mass is 10.1. The number of halogens is 2. The Labute approximate surface area is 146 Å². The fourth-order valence-corrected chi connectivity index (χ4v) is 2.78. The van der Waals surface area contributed by atoms with Gasteiger partial charge in [-0.2, -0.15) is 0 Å². The van der Waals surface area contributed by atoms with Gasteiger partial charge in [-0.25, -0.2) is 4.79 Å². The summed E-state index contributed by atoms with van der Waals surface area (Å²) in [4.78, 5) is 15.0. The SMILES string of the molecule is CCOc1ccc(-c2cn(-c3ccc(Br)cc3)c(=O)[nH]2)cc1Cl. The highest BCUT2D eigenvalue weighted by molar-refractivity contribution is 9.10. The van der Waals surface area contributed by atoms with Crippen LogP contribution in [0.3, 0.4) is 0 Å². The molecule has 23 heavy (non-hydrogen) atoms. The number of nitrogens with zero attached hydrogens (tertiary/aromatic N) is 1. The number of aromatic amines is 1. The van der Waals surface area contributed by atoms with Crippen molar-refractivity contribution in [3.05, 3.63) is 68.6 Å². The van der Waals surface area contributed by atoms with E-state index in [4.69, 9.17) is 16.3 Å². The van der Waals surface area contributed by atoms with Gasteiger partial charge >= 0.3 is 5.69 Å². The largest absolute Gasteiger partial charge is 0.492 e. The number of H-pyrrole nitrogens is 1. The maximum Gasteiger partial charge on any atom is 0.330 e. The van der Waals surface area contributed by atoms with E-state index >= 15 is 0 Å². The Morgan fingerprint density at radius 3 is 2.61 bits per heavy atom. The lowest BCUT2D eigenvalue weighted by Gasteiger charge is -2.06. The first-order valence-corrected chi connectivity index (χ1v) is 8.26. The van der Waals surface area contributed by atoms with Crippen LogP contribution in [0.25, 0.3) is 16.9 Å². The summed E-state index contributed by atoms with van der Waals surface area (Å²) in [6.45, 7) is 2.45. The Morgan fingerprint density at radius 2 is 1.96 bits per heavy atom. The third-order valence-electron chi connectivity index (χ3n) is 3.37. The van der Waals surface area contributed by atoms with Gasteiger partial charge in [0, 0.05) is 16.2 Å². The van der Waals surface area contributed by atoms with E-state index in [0.29, 0.717) is 23.1 Å². The number of hydrogen-bond acceptors (Lipinski definition) is 2. The zero-order chi connectivity index (χ0) is 16.4. The average Bonchev–Trinajstić information content (AvgIpc) is 2.92. The van der Waals surface area contributed by atoms with Crippen molar-refractivity contribution in [3.8, 4) is 22.7 Å². The number of rotatable bonds is 4. The van der Waals surface area contributed by atoms with E-state index in [9.17, 15) is 4.79 Å². The van der Waals surface area contributed by atoms with Crippen LogP contribution in [-0.2, 0) is 0 Å². The fraction of sp³-hybridized carbons (Fsp3) is 0.118. The summed E-state index contributed by atoms with van der Waals surface area (Å²) in [7, 11) is 0. The summed E-state index contributed by atoms with van der Waals surface area (Å²) in [6.07, 6.45) is 1.76. The molecule has 0 aliphatic rings. The molecule has 118 valence electrons. The van der Waals surface area contributed by atoms with E-state index in [-0.39, 0.29) is 5.69 Å². The van der Waals surface area contributed by atoms with E-state index in [1.54, 1.807) is 22.9 Å². The number of benzene rings is 2. The standard InChI is InChI=1S/C17H14BrClN2O2/c1-2-23-16-8-3-11(9-14(16)19)15-10-21(17(22)20-15)13-6-4-12(18)5-7-13/h3-10H,2H2,1H3,(H,20,22). The fourth-order valence-electron chi connectivity index (χ4n) is 2.28. The van der Waals surface area contributed by atoms with Crippen LogP contribution in [0.1, 0.15) is 6.92 Å². The first kappa shape index (κ1) is 15.9. The molecule has 0 aliphatic carbocycles. The number of aromatic nitrogens is 2. The molecule has 0 saturated carbocycles. The lowest BCUT2D eigenvalue weighted by molar-refractivity contribution is 0.340. The molecule has 2 aromatic carbocycles. The van der Waals surface area contributed by atoms with E-state index in [2.05, 4.69) is 20.9 Å². The molecule has 0 spiro atoms. The molecule has 1 heterocycles. The third-order valence-corrected chi connectivity index (χ3v) is 4.19. The summed E-state index contributed by atoms with van der Waals surface area (Å²) in [6, 6.07) is 13.0. The molecule has 3 rings (SSSR count). The van der Waals surface area contributed by atoms with E-state index in [1.165, 1.54) is 0 Å². The van der Waals surface area contributed by atoms with Gasteiger partial charge < -0.3 is 9.72 Å². The Morgan fingerprint density at radius 1 is 1.22 bits per heavy atom. The second-order valence-corrected chi connectivity index (χ2v) is 6.22. The van der Waals surface area contributed by atoms with E-state index in [0.717, 1.165) is 15.7 Å². The van der Waals surface area contributed by atoms with Crippen LogP contribution >= 0.6 is 27.5 Å². The third kappa shape index (κ3) is 3.35. The minimum atomic E-state index is -0.202. The summed E-state index contributed by atoms with van der Waals surface area (Å²) in [5, 5.41) is 0.515. The molecule has 0 bridgehead atoms. The minimum absolute atomic E-state index is 0.202. The van der Waals surface area contributed by atoms with Crippen LogP contribution in [0, 0.1) is 0 Å². The van der Waals surface area contributed by atoms with Crippen molar-refractivity contribution in [1.29, 1.82) is 0 Å². The molecule has 1 aromatic heterocycles. The van der Waals surface area contributed by atoms with Gasteiger partial charge in [0.15, 0.2) is 0 Å². The Kier molecular flexibility index (Phi) is 4.59. The van der Waals surface area contributed by atoms with Crippen LogP contribution in [0.15, 0.2) is 57.9 Å². The van der Waals surface area contributed by atoms with Crippen molar-refractivity contribution in [2.24, 2.45) is 0 Å². The maximum absolute atomic E-state index is 12.2. The Bertz CT molecular complexity index is 884. The van der Waals surface area contributed by atoms with Gasteiger partial charge in [0.1, 0.15) is 5.75 Å². The summed E-state index contributed by atoms with van der Waals surface area (Å²) in [5.74, 6) is 0.632. The van der Waals surface area contributed by atoms with Crippen LogP contribution in [-0.4, -0.2) is 16.2 Å². The molecular weight excluding hydrogens is 380 g/mol.